The first-order valence-corrected chi connectivity index (χ1v) is 6.21. The second kappa shape index (κ2) is 5.31. The topological polar surface area (TPSA) is 59.2 Å². The summed E-state index contributed by atoms with van der Waals surface area (Å²) in [4.78, 5) is 4.29. The lowest BCUT2D eigenvalue weighted by Gasteiger charge is -2.04. The van der Waals surface area contributed by atoms with Crippen molar-refractivity contribution < 1.29 is 9.63 Å². The molecule has 0 fully saturated rings. The van der Waals surface area contributed by atoms with E-state index in [-0.39, 0.29) is 0 Å². The lowest BCUT2D eigenvalue weighted by molar-refractivity contribution is 0.153. The zero-order valence-corrected chi connectivity index (χ0v) is 11.0. The first-order chi connectivity index (χ1) is 8.63. The number of nitrogens with zero attached hydrogens (tertiary/aromatic N) is 2. The summed E-state index contributed by atoms with van der Waals surface area (Å²) < 4.78 is 5.26. The second-order valence-corrected chi connectivity index (χ2v) is 4.53. The number of rotatable bonds is 4. The van der Waals surface area contributed by atoms with Gasteiger partial charge in [0.2, 0.25) is 5.82 Å². The molecule has 0 amide bonds. The SMILES string of the molecule is CCCC(O)c1noc(-c2c(C)cccc2C)n1. The number of aromatic nitrogens is 2. The Balaban J connectivity index is 2.35. The van der Waals surface area contributed by atoms with Gasteiger partial charge in [0.25, 0.3) is 5.89 Å². The van der Waals surface area contributed by atoms with E-state index in [1.807, 2.05) is 39.0 Å². The van der Waals surface area contributed by atoms with Crippen molar-refractivity contribution in [1.82, 2.24) is 10.1 Å². The predicted octanol–water partition coefficient (Wildman–Crippen LogP) is 3.19. The zero-order chi connectivity index (χ0) is 13.1. The lowest BCUT2D eigenvalue weighted by atomic mass is 10.0. The minimum atomic E-state index is -0.642. The van der Waals surface area contributed by atoms with Gasteiger partial charge in [0, 0.05) is 5.56 Å². The quantitative estimate of drug-likeness (QED) is 0.900. The zero-order valence-electron chi connectivity index (χ0n) is 11.0. The third-order valence-corrected chi connectivity index (χ3v) is 3.00. The highest BCUT2D eigenvalue weighted by Crippen LogP contribution is 2.27. The minimum absolute atomic E-state index is 0.370. The fourth-order valence-electron chi connectivity index (χ4n) is 2.03. The predicted molar refractivity (Wildman–Crippen MR) is 69.1 cm³/mol. The molecule has 0 aliphatic carbocycles. The van der Waals surface area contributed by atoms with Gasteiger partial charge in [-0.3, -0.25) is 0 Å². The summed E-state index contributed by atoms with van der Waals surface area (Å²) in [5.74, 6) is 0.852. The van der Waals surface area contributed by atoms with E-state index in [1.54, 1.807) is 0 Å². The second-order valence-electron chi connectivity index (χ2n) is 4.53. The summed E-state index contributed by atoms with van der Waals surface area (Å²) in [7, 11) is 0. The van der Waals surface area contributed by atoms with Crippen molar-refractivity contribution in [3.63, 3.8) is 0 Å². The van der Waals surface area contributed by atoms with Gasteiger partial charge in [-0.1, -0.05) is 36.7 Å². The standard InChI is InChI=1S/C14H18N2O2/c1-4-6-11(17)13-15-14(18-16-13)12-9(2)7-5-8-10(12)3/h5,7-8,11,17H,4,6H2,1-3H3. The molecule has 96 valence electrons. The van der Waals surface area contributed by atoms with E-state index in [0.29, 0.717) is 18.1 Å². The number of aliphatic hydroxyl groups is 1. The first-order valence-electron chi connectivity index (χ1n) is 6.21. The Hall–Kier alpha value is -1.68. The molecule has 2 rings (SSSR count). The van der Waals surface area contributed by atoms with Gasteiger partial charge in [0.05, 0.1) is 0 Å². The minimum Gasteiger partial charge on any atom is -0.385 e. The van der Waals surface area contributed by atoms with Gasteiger partial charge in [0.15, 0.2) is 0 Å². The Bertz CT molecular complexity index is 514. The van der Waals surface area contributed by atoms with Gasteiger partial charge in [-0.25, -0.2) is 0 Å². The third kappa shape index (κ3) is 2.43. The summed E-state index contributed by atoms with van der Waals surface area (Å²) >= 11 is 0. The molecule has 0 radical (unpaired) electrons. The summed E-state index contributed by atoms with van der Waals surface area (Å²) in [6.45, 7) is 6.03. The molecule has 1 N–H and O–H groups in total. The van der Waals surface area contributed by atoms with E-state index < -0.39 is 6.10 Å². The molecule has 1 aromatic carbocycles. The first kappa shape index (κ1) is 12.8. The van der Waals surface area contributed by atoms with E-state index in [2.05, 4.69) is 10.1 Å². The average molecular weight is 246 g/mol. The van der Waals surface area contributed by atoms with Crippen LogP contribution in [0.15, 0.2) is 22.7 Å². The molecule has 1 aromatic heterocycles. The Kier molecular flexibility index (Phi) is 3.77. The molecule has 1 heterocycles. The highest BCUT2D eigenvalue weighted by Gasteiger charge is 2.17. The van der Waals surface area contributed by atoms with Crippen molar-refractivity contribution >= 4 is 0 Å². The van der Waals surface area contributed by atoms with Crippen LogP contribution in [0.5, 0.6) is 0 Å². The number of hydrogen-bond acceptors (Lipinski definition) is 4. The van der Waals surface area contributed by atoms with Crippen LogP contribution in [0.4, 0.5) is 0 Å². The summed E-state index contributed by atoms with van der Waals surface area (Å²) in [5, 5.41) is 13.7. The van der Waals surface area contributed by atoms with E-state index in [0.717, 1.165) is 23.1 Å². The third-order valence-electron chi connectivity index (χ3n) is 3.00. The number of aliphatic hydroxyl groups excluding tert-OH is 1. The molecule has 0 aliphatic rings. The monoisotopic (exact) mass is 246 g/mol. The summed E-state index contributed by atoms with van der Waals surface area (Å²) in [6.07, 6.45) is 0.886. The van der Waals surface area contributed by atoms with Gasteiger partial charge in [0.1, 0.15) is 6.10 Å². The van der Waals surface area contributed by atoms with Gasteiger partial charge in [-0.05, 0) is 31.4 Å². The van der Waals surface area contributed by atoms with E-state index >= 15 is 0 Å². The van der Waals surface area contributed by atoms with Crippen LogP contribution in [-0.4, -0.2) is 15.2 Å². The van der Waals surface area contributed by atoms with Crippen LogP contribution in [0.3, 0.4) is 0 Å². The van der Waals surface area contributed by atoms with E-state index in [4.69, 9.17) is 4.52 Å². The highest BCUT2D eigenvalue weighted by molar-refractivity contribution is 5.62. The highest BCUT2D eigenvalue weighted by atomic mass is 16.5. The van der Waals surface area contributed by atoms with Gasteiger partial charge >= 0.3 is 0 Å². The van der Waals surface area contributed by atoms with Crippen molar-refractivity contribution in [1.29, 1.82) is 0 Å². The fourth-order valence-corrected chi connectivity index (χ4v) is 2.03. The molecule has 1 atom stereocenters. The van der Waals surface area contributed by atoms with Crippen LogP contribution in [0, 0.1) is 13.8 Å². The van der Waals surface area contributed by atoms with Crippen LogP contribution >= 0.6 is 0 Å². The maximum atomic E-state index is 9.83. The molecule has 0 bridgehead atoms. The Labute approximate surface area is 107 Å². The molecule has 4 nitrogen and oxygen atoms in total. The normalized spacial score (nSPS) is 12.7. The van der Waals surface area contributed by atoms with Gasteiger partial charge < -0.3 is 9.63 Å². The maximum absolute atomic E-state index is 9.83. The Morgan fingerprint density at radius 2 is 1.94 bits per heavy atom. The smallest absolute Gasteiger partial charge is 0.258 e. The molecular formula is C14H18N2O2. The Morgan fingerprint density at radius 3 is 2.56 bits per heavy atom. The van der Waals surface area contributed by atoms with Crippen molar-refractivity contribution in [3.8, 4) is 11.5 Å². The van der Waals surface area contributed by atoms with Crippen LogP contribution < -0.4 is 0 Å². The molecule has 1 unspecified atom stereocenters. The molecule has 4 heteroatoms. The Morgan fingerprint density at radius 1 is 1.28 bits per heavy atom. The molecule has 0 saturated carbocycles. The van der Waals surface area contributed by atoms with Crippen LogP contribution in [0.2, 0.25) is 0 Å². The number of benzene rings is 1. The summed E-state index contributed by atoms with van der Waals surface area (Å²) in [6, 6.07) is 6.01. The van der Waals surface area contributed by atoms with Crippen molar-refractivity contribution in [3.05, 3.63) is 35.2 Å². The number of hydrogen-bond donors (Lipinski definition) is 1. The van der Waals surface area contributed by atoms with Gasteiger partial charge in [-0.2, -0.15) is 4.98 Å². The van der Waals surface area contributed by atoms with Crippen molar-refractivity contribution in [2.45, 2.75) is 39.7 Å². The molecular weight excluding hydrogens is 228 g/mol. The van der Waals surface area contributed by atoms with E-state index in [9.17, 15) is 5.11 Å². The van der Waals surface area contributed by atoms with Gasteiger partial charge in [-0.15, -0.1) is 0 Å². The van der Waals surface area contributed by atoms with Crippen LogP contribution in [0.25, 0.3) is 11.5 Å². The molecule has 0 aliphatic heterocycles. The van der Waals surface area contributed by atoms with Crippen LogP contribution in [-0.2, 0) is 0 Å². The fraction of sp³-hybridized carbons (Fsp3) is 0.429. The molecule has 2 aromatic rings. The van der Waals surface area contributed by atoms with Crippen molar-refractivity contribution in [2.24, 2.45) is 0 Å². The summed E-state index contributed by atoms with van der Waals surface area (Å²) in [5.41, 5.74) is 3.14. The van der Waals surface area contributed by atoms with E-state index in [1.165, 1.54) is 0 Å². The molecule has 0 spiro atoms. The molecule has 18 heavy (non-hydrogen) atoms. The van der Waals surface area contributed by atoms with Crippen molar-refractivity contribution in [2.75, 3.05) is 0 Å². The number of aryl methyl sites for hydroxylation is 2. The average Bonchev–Trinajstić information content (AvgIpc) is 2.78. The largest absolute Gasteiger partial charge is 0.385 e. The molecule has 0 saturated heterocycles. The lowest BCUT2D eigenvalue weighted by Crippen LogP contribution is -1.99. The maximum Gasteiger partial charge on any atom is 0.258 e. The van der Waals surface area contributed by atoms with Crippen LogP contribution in [0.1, 0.15) is 42.8 Å².